The Labute approximate surface area is 44.4 Å². The third-order valence-electron chi connectivity index (χ3n) is 0.516. The average molecular weight is 106 g/mol. The van der Waals surface area contributed by atoms with Gasteiger partial charge in [-0.05, 0) is 0 Å². The highest BCUT2D eigenvalue weighted by Gasteiger charge is 1.78. The number of rotatable bonds is 4. The van der Waals surface area contributed by atoms with E-state index in [-0.39, 0.29) is 13.2 Å². The topological polar surface area (TPSA) is 52.5 Å². The zero-order valence-electron chi connectivity index (χ0n) is 5.17. The molecule has 0 aliphatic rings. The molecule has 0 amide bonds. The Hall–Kier alpha value is -0.120. The lowest BCUT2D eigenvalue weighted by Crippen LogP contribution is -2.21. The van der Waals surface area contributed by atoms with Gasteiger partial charge in [0.1, 0.15) is 1.41 Å². The SMILES string of the molecule is [2H]N(CCO)CCO. The Morgan fingerprint density at radius 2 is 1.71 bits per heavy atom. The molecule has 44 valence electrons. The van der Waals surface area contributed by atoms with Crippen LogP contribution < -0.4 is 5.31 Å². The normalized spacial score (nSPS) is 12.1. The summed E-state index contributed by atoms with van der Waals surface area (Å²) in [5.41, 5.74) is 0. The molecule has 7 heavy (non-hydrogen) atoms. The Morgan fingerprint density at radius 1 is 1.29 bits per heavy atom. The highest BCUT2D eigenvalue weighted by atomic mass is 16.3. The maximum atomic E-state index is 8.22. The molecule has 3 N–H and O–H groups in total. The first-order valence-corrected chi connectivity index (χ1v) is 2.26. The molecule has 3 heteroatoms. The average Bonchev–Trinajstić information content (AvgIpc) is 1.68. The van der Waals surface area contributed by atoms with Gasteiger partial charge in [0, 0.05) is 13.1 Å². The standard InChI is InChI=1S/C4H11NO2/c6-3-1-5-2-4-7/h5-7H,1-4H2/i/hD. The third kappa shape index (κ3) is 5.88. The van der Waals surface area contributed by atoms with E-state index in [1.165, 1.54) is 0 Å². The summed E-state index contributed by atoms with van der Waals surface area (Å²) < 4.78 is 6.89. The van der Waals surface area contributed by atoms with Gasteiger partial charge < -0.3 is 15.5 Å². The van der Waals surface area contributed by atoms with Crippen molar-refractivity contribution >= 4 is 0 Å². The maximum Gasteiger partial charge on any atom is 0.122 e. The van der Waals surface area contributed by atoms with Crippen LogP contribution in [0.1, 0.15) is 0 Å². The minimum atomic E-state index is -0.0243. The summed E-state index contributed by atoms with van der Waals surface area (Å²) in [5, 5.41) is 17.6. The molecule has 0 saturated heterocycles. The van der Waals surface area contributed by atoms with Gasteiger partial charge >= 0.3 is 0 Å². The molecule has 0 heterocycles. The van der Waals surface area contributed by atoms with Crippen molar-refractivity contribution in [3.8, 4) is 0 Å². The van der Waals surface area contributed by atoms with E-state index in [1.54, 1.807) is 0 Å². The second-order valence-electron chi connectivity index (χ2n) is 1.12. The van der Waals surface area contributed by atoms with E-state index in [1.807, 2.05) is 0 Å². The van der Waals surface area contributed by atoms with Crippen LogP contribution in [0.2, 0.25) is 1.41 Å². The van der Waals surface area contributed by atoms with Crippen molar-refractivity contribution in [2.24, 2.45) is 0 Å². The van der Waals surface area contributed by atoms with Crippen LogP contribution in [-0.2, 0) is 0 Å². The fraction of sp³-hybridized carbons (Fsp3) is 1.00. The molecular formula is C4H11NO2. The van der Waals surface area contributed by atoms with Crippen LogP contribution >= 0.6 is 0 Å². The molecule has 0 bridgehead atoms. The molecule has 0 rings (SSSR count). The van der Waals surface area contributed by atoms with Gasteiger partial charge in [0.05, 0.1) is 13.2 Å². The van der Waals surface area contributed by atoms with Crippen molar-refractivity contribution in [1.29, 1.82) is 0 Å². The molecule has 0 aliphatic heterocycles. The van der Waals surface area contributed by atoms with Crippen LogP contribution in [0.15, 0.2) is 0 Å². The largest absolute Gasteiger partial charge is 0.395 e. The summed E-state index contributed by atoms with van der Waals surface area (Å²) in [6.07, 6.45) is 0. The van der Waals surface area contributed by atoms with E-state index < -0.39 is 0 Å². The highest BCUT2D eigenvalue weighted by molar-refractivity contribution is 4.39. The van der Waals surface area contributed by atoms with Crippen LogP contribution in [0.25, 0.3) is 0 Å². The maximum absolute atomic E-state index is 8.22. The number of aliphatic hydroxyl groups is 2. The first-order valence-electron chi connectivity index (χ1n) is 2.71. The minimum Gasteiger partial charge on any atom is -0.395 e. The molecule has 0 radical (unpaired) electrons. The lowest BCUT2D eigenvalue weighted by Gasteiger charge is -1.94. The first-order chi connectivity index (χ1) is 3.81. The fourth-order valence-corrected chi connectivity index (χ4v) is 0.253. The van der Waals surface area contributed by atoms with Crippen molar-refractivity contribution in [2.45, 2.75) is 0 Å². The lowest BCUT2D eigenvalue weighted by atomic mass is 10.6. The summed E-state index contributed by atoms with van der Waals surface area (Å²) in [7, 11) is 0. The first kappa shape index (κ1) is 5.03. The number of hydrogen-bond acceptors (Lipinski definition) is 3. The molecule has 0 unspecified atom stereocenters. The Bertz CT molecular complexity index is 47.3. The van der Waals surface area contributed by atoms with Gasteiger partial charge in [-0.25, -0.2) is 0 Å². The third-order valence-corrected chi connectivity index (χ3v) is 0.516. The van der Waals surface area contributed by atoms with Crippen LogP contribution in [0.5, 0.6) is 0 Å². The molecule has 0 aromatic rings. The smallest absolute Gasteiger partial charge is 0.122 e. The summed E-state index contributed by atoms with van der Waals surface area (Å²) in [6.45, 7) is 0.564. The second-order valence-corrected chi connectivity index (χ2v) is 1.12. The monoisotopic (exact) mass is 106 g/mol. The number of hydrogen-bond donors (Lipinski definition) is 3. The van der Waals surface area contributed by atoms with E-state index in [9.17, 15) is 0 Å². The van der Waals surface area contributed by atoms with Gasteiger partial charge in [0.25, 0.3) is 0 Å². The summed E-state index contributed by atoms with van der Waals surface area (Å²) in [6, 6.07) is 0. The Morgan fingerprint density at radius 3 is 2.00 bits per heavy atom. The van der Waals surface area contributed by atoms with E-state index in [0.29, 0.717) is 13.1 Å². The van der Waals surface area contributed by atoms with Crippen LogP contribution in [0.3, 0.4) is 0 Å². The van der Waals surface area contributed by atoms with E-state index in [0.717, 1.165) is 5.31 Å². The van der Waals surface area contributed by atoms with Gasteiger partial charge in [-0.3, -0.25) is 0 Å². The number of aliphatic hydroxyl groups excluding tert-OH is 2. The predicted octanol–water partition coefficient (Wildman–Crippen LogP) is -1.44. The second kappa shape index (κ2) is 5.88. The van der Waals surface area contributed by atoms with E-state index in [2.05, 4.69) is 0 Å². The van der Waals surface area contributed by atoms with Crippen LogP contribution in [0, 0.1) is 0 Å². The van der Waals surface area contributed by atoms with Crippen molar-refractivity contribution in [2.75, 3.05) is 26.3 Å². The Kier molecular flexibility index (Phi) is 4.22. The summed E-state index contributed by atoms with van der Waals surface area (Å²) in [5.74, 6) is 0. The molecule has 0 spiro atoms. The molecule has 0 aliphatic carbocycles. The van der Waals surface area contributed by atoms with Crippen molar-refractivity contribution in [3.63, 3.8) is 0 Å². The van der Waals surface area contributed by atoms with Crippen molar-refractivity contribution in [1.82, 2.24) is 5.31 Å². The lowest BCUT2D eigenvalue weighted by molar-refractivity contribution is 0.267. The molecule has 0 aromatic carbocycles. The van der Waals surface area contributed by atoms with Crippen LogP contribution in [-0.4, -0.2) is 36.5 Å². The van der Waals surface area contributed by atoms with Crippen LogP contribution in [0.4, 0.5) is 0 Å². The van der Waals surface area contributed by atoms with Gasteiger partial charge in [-0.2, -0.15) is 0 Å². The molecule has 0 atom stereocenters. The zero-order valence-corrected chi connectivity index (χ0v) is 4.17. The summed E-state index contributed by atoms with van der Waals surface area (Å²) >= 11 is 0. The molecule has 3 nitrogen and oxygen atoms in total. The van der Waals surface area contributed by atoms with Gasteiger partial charge in [0.15, 0.2) is 0 Å². The van der Waals surface area contributed by atoms with Gasteiger partial charge in [-0.1, -0.05) is 0 Å². The molecule has 0 saturated carbocycles. The fourth-order valence-electron chi connectivity index (χ4n) is 0.253. The minimum absolute atomic E-state index is 0.0243. The van der Waals surface area contributed by atoms with E-state index in [4.69, 9.17) is 11.6 Å². The predicted molar refractivity (Wildman–Crippen MR) is 27.0 cm³/mol. The van der Waals surface area contributed by atoms with E-state index >= 15 is 0 Å². The Balaban J connectivity index is 2.92. The summed E-state index contributed by atoms with van der Waals surface area (Å²) in [4.78, 5) is 0. The van der Waals surface area contributed by atoms with Crippen molar-refractivity contribution < 1.29 is 11.6 Å². The van der Waals surface area contributed by atoms with Gasteiger partial charge in [0.2, 0.25) is 0 Å². The number of nitrogens with one attached hydrogen (secondary N) is 1. The molecule has 0 aromatic heterocycles. The molecular weight excluding hydrogens is 94.0 g/mol. The zero-order chi connectivity index (χ0) is 6.41. The molecule has 0 fully saturated rings. The quantitative estimate of drug-likeness (QED) is 0.411. The van der Waals surface area contributed by atoms with Crippen molar-refractivity contribution in [3.05, 3.63) is 0 Å². The highest BCUT2D eigenvalue weighted by Crippen LogP contribution is 1.54. The van der Waals surface area contributed by atoms with Gasteiger partial charge in [-0.15, -0.1) is 0 Å².